The maximum Gasteiger partial charge on any atom is 0.573 e. The Morgan fingerprint density at radius 2 is 2.05 bits per heavy atom. The summed E-state index contributed by atoms with van der Waals surface area (Å²) in [5.41, 5.74) is 5.14. The van der Waals surface area contributed by atoms with Gasteiger partial charge in [-0.2, -0.15) is 0 Å². The number of carbonyl (C=O) groups excluding carboxylic acids is 1. The second-order valence-electron chi connectivity index (χ2n) is 4.63. The molecule has 22 heavy (non-hydrogen) atoms. The Morgan fingerprint density at radius 3 is 2.59 bits per heavy atom. The summed E-state index contributed by atoms with van der Waals surface area (Å²) in [6.07, 6.45) is -7.60. The van der Waals surface area contributed by atoms with Gasteiger partial charge in [0, 0.05) is 13.5 Å². The van der Waals surface area contributed by atoms with Gasteiger partial charge >= 0.3 is 6.36 Å². The van der Waals surface area contributed by atoms with Crippen LogP contribution in [0.15, 0.2) is 18.2 Å². The molecule has 0 fully saturated rings. The molecule has 2 unspecified atom stereocenters. The topological polar surface area (TPSA) is 105 Å². The van der Waals surface area contributed by atoms with Gasteiger partial charge in [0.15, 0.2) is 5.75 Å². The van der Waals surface area contributed by atoms with Gasteiger partial charge in [-0.05, 0) is 24.1 Å². The summed E-state index contributed by atoms with van der Waals surface area (Å²) in [6.45, 7) is 1.41. The number of ether oxygens (including phenoxy) is 1. The summed E-state index contributed by atoms with van der Waals surface area (Å²) in [7, 11) is 0. The Bertz CT molecular complexity index is 522. The Morgan fingerprint density at radius 1 is 1.41 bits per heavy atom. The fraction of sp³-hybridized carbons (Fsp3) is 0.462. The molecule has 2 atom stereocenters. The van der Waals surface area contributed by atoms with Gasteiger partial charge in [0.25, 0.3) is 0 Å². The maximum absolute atomic E-state index is 12.2. The number of aliphatic hydroxyl groups is 2. The third kappa shape index (κ3) is 5.78. The molecule has 0 heterocycles. The summed E-state index contributed by atoms with van der Waals surface area (Å²) in [6, 6.07) is 3.33. The summed E-state index contributed by atoms with van der Waals surface area (Å²) in [5.74, 6) is -0.951. The van der Waals surface area contributed by atoms with Crippen LogP contribution >= 0.6 is 0 Å². The Kier molecular flexibility index (Phi) is 6.01. The molecule has 5 N–H and O–H groups in total. The minimum absolute atomic E-state index is 0.0174. The average Bonchev–Trinajstić information content (AvgIpc) is 2.38. The highest BCUT2D eigenvalue weighted by atomic mass is 19.4. The molecule has 9 heteroatoms. The lowest BCUT2D eigenvalue weighted by Gasteiger charge is -2.20. The zero-order valence-corrected chi connectivity index (χ0v) is 11.7. The molecular formula is C13H17F3N2O4. The predicted molar refractivity (Wildman–Crippen MR) is 71.8 cm³/mol. The highest BCUT2D eigenvalue weighted by Gasteiger charge is 2.32. The van der Waals surface area contributed by atoms with Crippen LogP contribution in [0.2, 0.25) is 0 Å². The van der Waals surface area contributed by atoms with Crippen molar-refractivity contribution in [2.24, 2.45) is 0 Å². The second kappa shape index (κ2) is 7.32. The summed E-state index contributed by atoms with van der Waals surface area (Å²) in [4.78, 5) is 10.7. The molecule has 1 rings (SSSR count). The molecule has 0 saturated carbocycles. The van der Waals surface area contributed by atoms with E-state index in [-0.39, 0.29) is 30.1 Å². The molecule has 1 aromatic rings. The lowest BCUT2D eigenvalue weighted by atomic mass is 10.0. The number of amides is 1. The number of benzene rings is 1. The molecule has 1 aromatic carbocycles. The first kappa shape index (κ1) is 18.1. The largest absolute Gasteiger partial charge is 0.573 e. The molecule has 1 amide bonds. The Balaban J connectivity index is 2.78. The number of nitrogen functional groups attached to an aromatic ring is 1. The van der Waals surface area contributed by atoms with Gasteiger partial charge in [0.2, 0.25) is 5.91 Å². The number of nitrogens with one attached hydrogen (secondary N) is 1. The van der Waals surface area contributed by atoms with E-state index in [2.05, 4.69) is 10.1 Å². The zero-order valence-electron chi connectivity index (χ0n) is 11.7. The number of hydrogen-bond donors (Lipinski definition) is 4. The third-order valence-electron chi connectivity index (χ3n) is 2.78. The van der Waals surface area contributed by atoms with Crippen LogP contribution in [0.1, 0.15) is 25.0 Å². The van der Waals surface area contributed by atoms with E-state index in [1.807, 2.05) is 0 Å². The van der Waals surface area contributed by atoms with E-state index in [4.69, 9.17) is 5.73 Å². The third-order valence-corrected chi connectivity index (χ3v) is 2.78. The van der Waals surface area contributed by atoms with Gasteiger partial charge < -0.3 is 26.0 Å². The Hall–Kier alpha value is -2.00. The summed E-state index contributed by atoms with van der Waals surface area (Å²) in [5, 5.41) is 22.1. The van der Waals surface area contributed by atoms with E-state index in [0.717, 1.165) is 12.1 Å². The summed E-state index contributed by atoms with van der Waals surface area (Å²) < 4.78 is 40.4. The van der Waals surface area contributed by atoms with Crippen LogP contribution in [0.4, 0.5) is 18.9 Å². The number of alkyl halides is 3. The van der Waals surface area contributed by atoms with Crippen molar-refractivity contribution in [1.29, 1.82) is 0 Å². The van der Waals surface area contributed by atoms with E-state index in [1.165, 1.54) is 13.0 Å². The molecule has 6 nitrogen and oxygen atoms in total. The zero-order chi connectivity index (χ0) is 16.9. The van der Waals surface area contributed by atoms with E-state index >= 15 is 0 Å². The van der Waals surface area contributed by atoms with Crippen molar-refractivity contribution in [2.75, 3.05) is 12.3 Å². The first-order chi connectivity index (χ1) is 10.1. The minimum Gasteiger partial charge on any atom is -0.404 e. The quantitative estimate of drug-likeness (QED) is 0.587. The smallest absolute Gasteiger partial charge is 0.404 e. The van der Waals surface area contributed by atoms with Crippen molar-refractivity contribution in [3.05, 3.63) is 23.8 Å². The molecule has 0 spiro atoms. The van der Waals surface area contributed by atoms with Gasteiger partial charge in [0.1, 0.15) is 6.10 Å². The molecule has 0 saturated heterocycles. The van der Waals surface area contributed by atoms with Crippen LogP contribution in [0.3, 0.4) is 0 Å². The molecule has 0 aliphatic rings. The van der Waals surface area contributed by atoms with Crippen molar-refractivity contribution >= 4 is 11.6 Å². The van der Waals surface area contributed by atoms with Crippen molar-refractivity contribution < 1.29 is 32.9 Å². The normalized spacial score (nSPS) is 14.3. The van der Waals surface area contributed by atoms with E-state index in [9.17, 15) is 28.2 Å². The first-order valence-corrected chi connectivity index (χ1v) is 6.36. The van der Waals surface area contributed by atoms with Crippen LogP contribution in [0.25, 0.3) is 0 Å². The fourth-order valence-electron chi connectivity index (χ4n) is 1.72. The SMILES string of the molecule is CC(=O)NCCC(O)C(O)c1ccc(N)c(OC(F)(F)F)c1. The van der Waals surface area contributed by atoms with Crippen LogP contribution in [0, 0.1) is 0 Å². The van der Waals surface area contributed by atoms with E-state index in [1.54, 1.807) is 0 Å². The number of anilines is 1. The maximum atomic E-state index is 12.2. The van der Waals surface area contributed by atoms with Crippen molar-refractivity contribution in [3.63, 3.8) is 0 Å². The molecule has 124 valence electrons. The van der Waals surface area contributed by atoms with Crippen LogP contribution < -0.4 is 15.8 Å². The second-order valence-corrected chi connectivity index (χ2v) is 4.63. The van der Waals surface area contributed by atoms with Gasteiger partial charge in [-0.25, -0.2) is 0 Å². The summed E-state index contributed by atoms with van der Waals surface area (Å²) >= 11 is 0. The van der Waals surface area contributed by atoms with Crippen LogP contribution in [-0.4, -0.2) is 35.1 Å². The number of nitrogens with two attached hydrogens (primary N) is 1. The monoisotopic (exact) mass is 322 g/mol. The molecular weight excluding hydrogens is 305 g/mol. The molecule has 0 aliphatic carbocycles. The van der Waals surface area contributed by atoms with Crippen LogP contribution in [0.5, 0.6) is 5.75 Å². The molecule has 0 aromatic heterocycles. The van der Waals surface area contributed by atoms with E-state index in [0.29, 0.717) is 0 Å². The van der Waals surface area contributed by atoms with Gasteiger partial charge in [-0.1, -0.05) is 6.07 Å². The van der Waals surface area contributed by atoms with E-state index < -0.39 is 24.3 Å². The molecule has 0 radical (unpaired) electrons. The standard InChI is InChI=1S/C13H17F3N2O4/c1-7(19)18-5-4-10(20)12(21)8-2-3-9(17)11(6-8)22-13(14,15)16/h2-3,6,10,12,20-21H,4-5,17H2,1H3,(H,18,19). The number of rotatable bonds is 6. The van der Waals surface area contributed by atoms with Gasteiger partial charge in [-0.3, -0.25) is 4.79 Å². The van der Waals surface area contributed by atoms with Gasteiger partial charge in [-0.15, -0.1) is 13.2 Å². The molecule has 0 bridgehead atoms. The van der Waals surface area contributed by atoms with Crippen molar-refractivity contribution in [1.82, 2.24) is 5.32 Å². The number of aliphatic hydroxyl groups excluding tert-OH is 2. The first-order valence-electron chi connectivity index (χ1n) is 6.36. The lowest BCUT2D eigenvalue weighted by Crippen LogP contribution is -2.27. The highest BCUT2D eigenvalue weighted by Crippen LogP contribution is 2.32. The number of carbonyl (C=O) groups is 1. The van der Waals surface area contributed by atoms with Crippen molar-refractivity contribution in [3.8, 4) is 5.75 Å². The number of hydrogen-bond acceptors (Lipinski definition) is 5. The average molecular weight is 322 g/mol. The lowest BCUT2D eigenvalue weighted by molar-refractivity contribution is -0.274. The van der Waals surface area contributed by atoms with Crippen LogP contribution in [-0.2, 0) is 4.79 Å². The molecule has 0 aliphatic heterocycles. The Labute approximate surface area is 124 Å². The van der Waals surface area contributed by atoms with Gasteiger partial charge in [0.05, 0.1) is 11.8 Å². The number of halogens is 3. The minimum atomic E-state index is -4.91. The highest BCUT2D eigenvalue weighted by molar-refractivity contribution is 5.72. The predicted octanol–water partition coefficient (Wildman–Crippen LogP) is 1.09. The fourth-order valence-corrected chi connectivity index (χ4v) is 1.72. The van der Waals surface area contributed by atoms with Crippen molar-refractivity contribution in [2.45, 2.75) is 31.9 Å².